The summed E-state index contributed by atoms with van der Waals surface area (Å²) < 4.78 is 2.27. The average molecular weight is 713 g/mol. The van der Waals surface area contributed by atoms with Crippen molar-refractivity contribution < 1.29 is 0 Å². The Hall–Kier alpha value is -7.29. The molecule has 0 amide bonds. The summed E-state index contributed by atoms with van der Waals surface area (Å²) in [5.74, 6) is 0.938. The van der Waals surface area contributed by atoms with Gasteiger partial charge in [-0.3, -0.25) is 4.57 Å². The normalized spacial score (nSPS) is 12.8. The number of fused-ring (bicyclic) bond motifs is 5. The number of hydrogen-bond donors (Lipinski definition) is 0. The van der Waals surface area contributed by atoms with Crippen LogP contribution in [0.3, 0.4) is 0 Å². The summed E-state index contributed by atoms with van der Waals surface area (Å²) in [6, 6.07) is 79.6. The number of imidazole rings is 1. The Labute approximate surface area is 326 Å². The first-order valence-electron chi connectivity index (χ1n) is 19.3. The largest absolute Gasteiger partial charge is 0.292 e. The summed E-state index contributed by atoms with van der Waals surface area (Å²) in [5.41, 5.74) is 16.2. The molecule has 262 valence electrons. The number of aromatic nitrogens is 2. The molecule has 0 radical (unpaired) electrons. The highest BCUT2D eigenvalue weighted by atomic mass is 15.1. The fourth-order valence-electron chi connectivity index (χ4n) is 9.18. The summed E-state index contributed by atoms with van der Waals surface area (Å²) in [7, 11) is 0. The van der Waals surface area contributed by atoms with Gasteiger partial charge in [0, 0.05) is 11.3 Å². The monoisotopic (exact) mass is 712 g/mol. The number of nitrogens with zero attached hydrogens (tertiary/aromatic N) is 2. The standard InChI is InChI=1S/C54H36N2/c1-4-16-39(17-5-1)53-55-51-25-12-13-26-52(51)56(53)44-31-27-37(28-32-44)40-29-33-47-48-34-30-41(46-24-14-18-38-15-10-11-23-45(38)46)36-50(48)54(49(47)35-40,42-19-6-2-7-20-42)43-21-8-3-9-22-43/h1-36H. The molecule has 9 aromatic carbocycles. The smallest absolute Gasteiger partial charge is 0.145 e. The fourth-order valence-corrected chi connectivity index (χ4v) is 9.18. The predicted octanol–water partition coefficient (Wildman–Crippen LogP) is 13.5. The lowest BCUT2D eigenvalue weighted by Crippen LogP contribution is -2.28. The van der Waals surface area contributed by atoms with E-state index in [-0.39, 0.29) is 0 Å². The van der Waals surface area contributed by atoms with Crippen LogP contribution in [0.25, 0.3) is 72.3 Å². The van der Waals surface area contributed by atoms with Crippen LogP contribution in [0.4, 0.5) is 0 Å². The lowest BCUT2D eigenvalue weighted by molar-refractivity contribution is 0.769. The van der Waals surface area contributed by atoms with E-state index in [0.29, 0.717) is 0 Å². The topological polar surface area (TPSA) is 17.8 Å². The summed E-state index contributed by atoms with van der Waals surface area (Å²) in [6.07, 6.45) is 0. The zero-order valence-electron chi connectivity index (χ0n) is 30.7. The molecule has 1 heterocycles. The first-order chi connectivity index (χ1) is 27.8. The molecule has 11 rings (SSSR count). The van der Waals surface area contributed by atoms with Crippen LogP contribution in [0.1, 0.15) is 22.3 Å². The molecule has 0 N–H and O–H groups in total. The van der Waals surface area contributed by atoms with Gasteiger partial charge < -0.3 is 0 Å². The third-order valence-electron chi connectivity index (χ3n) is 11.7. The van der Waals surface area contributed by atoms with Gasteiger partial charge in [-0.05, 0) is 103 Å². The molecule has 0 fully saturated rings. The van der Waals surface area contributed by atoms with E-state index in [9.17, 15) is 0 Å². The molecule has 56 heavy (non-hydrogen) atoms. The minimum atomic E-state index is -0.524. The zero-order chi connectivity index (χ0) is 37.1. The van der Waals surface area contributed by atoms with Crippen molar-refractivity contribution in [2.24, 2.45) is 0 Å². The molecule has 0 atom stereocenters. The summed E-state index contributed by atoms with van der Waals surface area (Å²) >= 11 is 0. The first kappa shape index (κ1) is 32.2. The van der Waals surface area contributed by atoms with Crippen LogP contribution in [0.15, 0.2) is 218 Å². The van der Waals surface area contributed by atoms with Crippen molar-refractivity contribution in [3.63, 3.8) is 0 Å². The molecular weight excluding hydrogens is 677 g/mol. The lowest BCUT2D eigenvalue weighted by Gasteiger charge is -2.34. The summed E-state index contributed by atoms with van der Waals surface area (Å²) in [5, 5.41) is 2.51. The molecule has 0 bridgehead atoms. The van der Waals surface area contributed by atoms with Gasteiger partial charge >= 0.3 is 0 Å². The molecule has 0 aliphatic heterocycles. The Morgan fingerprint density at radius 1 is 0.375 bits per heavy atom. The molecule has 0 spiro atoms. The van der Waals surface area contributed by atoms with Gasteiger partial charge in [-0.2, -0.15) is 0 Å². The van der Waals surface area contributed by atoms with Crippen LogP contribution < -0.4 is 0 Å². The van der Waals surface area contributed by atoms with E-state index in [1.807, 2.05) is 0 Å². The van der Waals surface area contributed by atoms with Crippen LogP contribution in [-0.4, -0.2) is 9.55 Å². The van der Waals surface area contributed by atoms with Crippen molar-refractivity contribution in [3.8, 4) is 50.5 Å². The predicted molar refractivity (Wildman–Crippen MR) is 232 cm³/mol. The fraction of sp³-hybridized carbons (Fsp3) is 0.0185. The van der Waals surface area contributed by atoms with E-state index in [0.717, 1.165) is 28.1 Å². The summed E-state index contributed by atoms with van der Waals surface area (Å²) in [6.45, 7) is 0. The molecule has 0 saturated carbocycles. The van der Waals surface area contributed by atoms with E-state index in [4.69, 9.17) is 4.98 Å². The van der Waals surface area contributed by atoms with Crippen molar-refractivity contribution in [2.45, 2.75) is 5.41 Å². The Morgan fingerprint density at radius 3 is 1.64 bits per heavy atom. The van der Waals surface area contributed by atoms with Crippen LogP contribution in [0.2, 0.25) is 0 Å². The Kier molecular flexibility index (Phi) is 7.43. The van der Waals surface area contributed by atoms with Crippen LogP contribution in [0, 0.1) is 0 Å². The molecule has 1 aliphatic carbocycles. The van der Waals surface area contributed by atoms with Crippen molar-refractivity contribution in [1.82, 2.24) is 9.55 Å². The Morgan fingerprint density at radius 2 is 0.929 bits per heavy atom. The van der Waals surface area contributed by atoms with E-state index in [1.165, 1.54) is 66.4 Å². The molecule has 1 aromatic heterocycles. The molecule has 0 saturated heterocycles. The van der Waals surface area contributed by atoms with Crippen molar-refractivity contribution >= 4 is 21.8 Å². The van der Waals surface area contributed by atoms with Gasteiger partial charge in [-0.15, -0.1) is 0 Å². The second-order valence-corrected chi connectivity index (χ2v) is 14.7. The highest BCUT2D eigenvalue weighted by Gasteiger charge is 2.46. The molecule has 2 nitrogen and oxygen atoms in total. The van der Waals surface area contributed by atoms with Crippen LogP contribution in [-0.2, 0) is 5.41 Å². The maximum absolute atomic E-state index is 5.08. The minimum Gasteiger partial charge on any atom is -0.292 e. The highest BCUT2D eigenvalue weighted by molar-refractivity contribution is 5.98. The Bertz CT molecular complexity index is 3010. The van der Waals surface area contributed by atoms with E-state index in [2.05, 4.69) is 223 Å². The van der Waals surface area contributed by atoms with Gasteiger partial charge in [0.2, 0.25) is 0 Å². The third kappa shape index (κ3) is 4.93. The number of hydrogen-bond acceptors (Lipinski definition) is 1. The van der Waals surface area contributed by atoms with E-state index < -0.39 is 5.41 Å². The Balaban J connectivity index is 1.10. The van der Waals surface area contributed by atoms with Crippen molar-refractivity contribution in [1.29, 1.82) is 0 Å². The van der Waals surface area contributed by atoms with Gasteiger partial charge in [-0.1, -0.05) is 182 Å². The van der Waals surface area contributed by atoms with E-state index in [1.54, 1.807) is 0 Å². The highest BCUT2D eigenvalue weighted by Crippen LogP contribution is 2.57. The zero-order valence-corrected chi connectivity index (χ0v) is 30.7. The number of rotatable bonds is 6. The van der Waals surface area contributed by atoms with Crippen molar-refractivity contribution in [3.05, 3.63) is 241 Å². The number of para-hydroxylation sites is 2. The second-order valence-electron chi connectivity index (χ2n) is 14.7. The van der Waals surface area contributed by atoms with Gasteiger partial charge in [-0.25, -0.2) is 4.98 Å². The summed E-state index contributed by atoms with van der Waals surface area (Å²) in [4.78, 5) is 5.08. The third-order valence-corrected chi connectivity index (χ3v) is 11.7. The molecule has 2 heteroatoms. The van der Waals surface area contributed by atoms with Crippen LogP contribution >= 0.6 is 0 Å². The number of benzene rings is 9. The van der Waals surface area contributed by atoms with Gasteiger partial charge in [0.1, 0.15) is 5.82 Å². The molecule has 10 aromatic rings. The molecule has 1 aliphatic rings. The molecular formula is C54H36N2. The quantitative estimate of drug-likeness (QED) is 0.168. The second kappa shape index (κ2) is 12.9. The SMILES string of the molecule is c1ccc(-c2nc3ccccc3n2-c2ccc(-c3ccc4c(c3)C(c3ccccc3)(c3ccccc3)c3cc(-c5cccc6ccccc56)ccc3-4)cc2)cc1. The van der Waals surface area contributed by atoms with Gasteiger partial charge in [0.15, 0.2) is 0 Å². The maximum Gasteiger partial charge on any atom is 0.145 e. The lowest BCUT2D eigenvalue weighted by atomic mass is 9.67. The van der Waals surface area contributed by atoms with Crippen molar-refractivity contribution in [2.75, 3.05) is 0 Å². The van der Waals surface area contributed by atoms with Crippen LogP contribution in [0.5, 0.6) is 0 Å². The van der Waals surface area contributed by atoms with Gasteiger partial charge in [0.25, 0.3) is 0 Å². The minimum absolute atomic E-state index is 0.524. The average Bonchev–Trinajstić information content (AvgIpc) is 3.81. The van der Waals surface area contributed by atoms with E-state index >= 15 is 0 Å². The first-order valence-corrected chi connectivity index (χ1v) is 19.3. The molecule has 0 unspecified atom stereocenters. The van der Waals surface area contributed by atoms with Gasteiger partial charge in [0.05, 0.1) is 16.4 Å². The maximum atomic E-state index is 5.08.